The molecule has 0 bridgehead atoms. The minimum atomic E-state index is -0.704. The molecule has 0 unspecified atom stereocenters. The summed E-state index contributed by atoms with van der Waals surface area (Å²) in [7, 11) is 0. The fourth-order valence-corrected chi connectivity index (χ4v) is 10.2. The van der Waals surface area contributed by atoms with Crippen LogP contribution in [-0.4, -0.2) is 49.4 Å². The molecule has 12 heteroatoms. The van der Waals surface area contributed by atoms with Crippen LogP contribution in [0.25, 0.3) is 141 Å². The second-order valence-electron chi connectivity index (χ2n) is 19.2. The number of nitrogens with zero attached hydrogens (tertiary/aromatic N) is 10. The van der Waals surface area contributed by atoms with E-state index < -0.39 is 11.6 Å². The molecular formula is C69H42F2N10. The van der Waals surface area contributed by atoms with Crippen molar-refractivity contribution in [2.45, 2.75) is 0 Å². The number of hydrogen-bond donors (Lipinski definition) is 0. The van der Waals surface area contributed by atoms with Gasteiger partial charge in [0, 0.05) is 60.8 Å². The summed E-state index contributed by atoms with van der Waals surface area (Å²) in [6.45, 7) is 0. The predicted molar refractivity (Wildman–Crippen MR) is 315 cm³/mol. The van der Waals surface area contributed by atoms with Crippen molar-refractivity contribution in [2.75, 3.05) is 0 Å². The van der Waals surface area contributed by atoms with E-state index in [2.05, 4.69) is 28.8 Å². The van der Waals surface area contributed by atoms with E-state index in [0.29, 0.717) is 69.2 Å². The Morgan fingerprint density at radius 1 is 0.235 bits per heavy atom. The zero-order chi connectivity index (χ0) is 54.2. The molecule has 0 aliphatic heterocycles. The van der Waals surface area contributed by atoms with Gasteiger partial charge in [0.15, 0.2) is 52.4 Å². The Balaban J connectivity index is 1.05. The van der Waals surface area contributed by atoms with Gasteiger partial charge in [-0.2, -0.15) is 0 Å². The molecule has 10 aromatic carbocycles. The van der Waals surface area contributed by atoms with Crippen LogP contribution in [0.2, 0.25) is 0 Å². The van der Waals surface area contributed by atoms with E-state index in [1.54, 1.807) is 12.1 Å². The molecule has 14 rings (SSSR count). The van der Waals surface area contributed by atoms with E-state index in [4.69, 9.17) is 44.9 Å². The van der Waals surface area contributed by atoms with Crippen LogP contribution in [0.3, 0.4) is 0 Å². The second kappa shape index (κ2) is 20.7. The lowest BCUT2D eigenvalue weighted by Crippen LogP contribution is -2.04. The van der Waals surface area contributed by atoms with Crippen LogP contribution >= 0.6 is 0 Å². The summed E-state index contributed by atoms with van der Waals surface area (Å²) >= 11 is 0. The maximum Gasteiger partial charge on any atom is 0.166 e. The van der Waals surface area contributed by atoms with E-state index in [1.165, 1.54) is 18.2 Å². The molecule has 0 spiro atoms. The van der Waals surface area contributed by atoms with Crippen LogP contribution in [0.5, 0.6) is 0 Å². The Morgan fingerprint density at radius 3 is 0.840 bits per heavy atom. The van der Waals surface area contributed by atoms with Gasteiger partial charge in [-0.25, -0.2) is 53.6 Å². The van der Waals surface area contributed by atoms with Crippen molar-refractivity contribution in [1.82, 2.24) is 49.4 Å². The summed E-state index contributed by atoms with van der Waals surface area (Å²) in [6, 6.07) is 80.4. The molecule has 4 heterocycles. The SMILES string of the molecule is Fc1cccc(F)c1-c1ccc(-n2c3ccc(-c4nc(-c5ccccc5)nc(-c5ccccc5)n4)cc3c3cc(-c4nc(-c5ccccc5)nc(-c5ccccc5)n4)ccc32)c(-c2nc(-c3ccccc3)nc(-c3ccccc3)n2)c1. The molecule has 14 aromatic rings. The first-order valence-electron chi connectivity index (χ1n) is 26.2. The third kappa shape index (κ3) is 9.32. The summed E-state index contributed by atoms with van der Waals surface area (Å²) in [6.07, 6.45) is 0. The molecule has 0 saturated heterocycles. The Hall–Kier alpha value is -11.1. The molecule has 0 aliphatic rings. The highest BCUT2D eigenvalue weighted by Gasteiger charge is 2.24. The second-order valence-corrected chi connectivity index (χ2v) is 19.2. The summed E-state index contributed by atoms with van der Waals surface area (Å²) in [4.78, 5) is 45.8. The summed E-state index contributed by atoms with van der Waals surface area (Å²) in [5, 5.41) is 1.68. The highest BCUT2D eigenvalue weighted by atomic mass is 19.1. The van der Waals surface area contributed by atoms with Crippen molar-refractivity contribution in [1.29, 1.82) is 0 Å². The molecule has 0 saturated carbocycles. The maximum absolute atomic E-state index is 16.0. The van der Waals surface area contributed by atoms with Crippen LogP contribution in [0.4, 0.5) is 8.78 Å². The number of halogens is 2. The van der Waals surface area contributed by atoms with Crippen molar-refractivity contribution in [3.05, 3.63) is 266 Å². The molecule has 0 aliphatic carbocycles. The van der Waals surface area contributed by atoms with E-state index >= 15 is 8.78 Å². The van der Waals surface area contributed by atoms with Crippen LogP contribution in [0.15, 0.2) is 255 Å². The molecule has 0 atom stereocenters. The molecule has 0 amide bonds. The Labute approximate surface area is 463 Å². The average molecular weight is 1050 g/mol. The molecule has 81 heavy (non-hydrogen) atoms. The lowest BCUT2D eigenvalue weighted by atomic mass is 9.99. The van der Waals surface area contributed by atoms with Gasteiger partial charge in [0.1, 0.15) is 11.6 Å². The van der Waals surface area contributed by atoms with Crippen molar-refractivity contribution in [2.24, 2.45) is 0 Å². The van der Waals surface area contributed by atoms with E-state index in [-0.39, 0.29) is 5.56 Å². The standard InChI is InChI=1S/C69H42F2N10/c70-55-32-19-33-56(71)60(55)49-34-37-59(54(40-49)69-79-65(47-28-15-5-16-29-47)74-66(80-69)48-30-17-6-18-31-48)81-57-38-35-50(67-75-61(43-20-7-1-8-21-43)72-62(76-67)44-22-9-2-10-23-44)41-52(57)53-42-51(36-39-58(53)81)68-77-63(45-24-11-3-12-25-45)73-64(78-68)46-26-13-4-14-27-46/h1-42H. The minimum absolute atomic E-state index is 0.174. The van der Waals surface area contributed by atoms with Gasteiger partial charge in [-0.15, -0.1) is 0 Å². The Bertz CT molecular complexity index is 4270. The first-order valence-corrected chi connectivity index (χ1v) is 26.2. The monoisotopic (exact) mass is 1050 g/mol. The van der Waals surface area contributed by atoms with Crippen molar-refractivity contribution in [3.8, 4) is 119 Å². The van der Waals surface area contributed by atoms with Gasteiger partial charge in [0.2, 0.25) is 0 Å². The van der Waals surface area contributed by atoms with E-state index in [0.717, 1.165) is 66.3 Å². The molecule has 4 aromatic heterocycles. The van der Waals surface area contributed by atoms with Gasteiger partial charge < -0.3 is 4.57 Å². The zero-order valence-electron chi connectivity index (χ0n) is 43.0. The molecule has 0 N–H and O–H groups in total. The number of aromatic nitrogens is 10. The summed E-state index contributed by atoms with van der Waals surface area (Å²) in [5.41, 5.74) is 9.24. The quantitative estimate of drug-likeness (QED) is 0.125. The van der Waals surface area contributed by atoms with Crippen molar-refractivity contribution < 1.29 is 8.78 Å². The maximum atomic E-state index is 16.0. The minimum Gasteiger partial charge on any atom is -0.308 e. The summed E-state index contributed by atoms with van der Waals surface area (Å²) in [5.74, 6) is 2.80. The molecule has 382 valence electrons. The first kappa shape index (κ1) is 48.3. The molecule has 0 fully saturated rings. The van der Waals surface area contributed by atoms with E-state index in [9.17, 15) is 0 Å². The predicted octanol–water partition coefficient (Wildman–Crippen LogP) is 16.3. The van der Waals surface area contributed by atoms with Gasteiger partial charge in [0.25, 0.3) is 0 Å². The lowest BCUT2D eigenvalue weighted by Gasteiger charge is -2.17. The zero-order valence-corrected chi connectivity index (χ0v) is 43.0. The Kier molecular flexibility index (Phi) is 12.3. The highest BCUT2D eigenvalue weighted by Crippen LogP contribution is 2.42. The normalized spacial score (nSPS) is 11.3. The van der Waals surface area contributed by atoms with Crippen LogP contribution in [0, 0.1) is 11.6 Å². The van der Waals surface area contributed by atoms with Crippen LogP contribution < -0.4 is 0 Å². The third-order valence-electron chi connectivity index (χ3n) is 14.1. The van der Waals surface area contributed by atoms with Crippen LogP contribution in [0.1, 0.15) is 0 Å². The van der Waals surface area contributed by atoms with Gasteiger partial charge in [-0.3, -0.25) is 0 Å². The molecular weight excluding hydrogens is 1010 g/mol. The van der Waals surface area contributed by atoms with Crippen LogP contribution in [-0.2, 0) is 0 Å². The van der Waals surface area contributed by atoms with Gasteiger partial charge in [0.05, 0.1) is 22.3 Å². The lowest BCUT2D eigenvalue weighted by molar-refractivity contribution is 0.589. The van der Waals surface area contributed by atoms with Gasteiger partial charge >= 0.3 is 0 Å². The average Bonchev–Trinajstić information content (AvgIpc) is 3.88. The third-order valence-corrected chi connectivity index (χ3v) is 14.1. The first-order chi connectivity index (χ1) is 40.0. The highest BCUT2D eigenvalue weighted by molar-refractivity contribution is 6.12. The number of benzene rings is 10. The number of hydrogen-bond acceptors (Lipinski definition) is 9. The fourth-order valence-electron chi connectivity index (χ4n) is 10.2. The topological polar surface area (TPSA) is 121 Å². The van der Waals surface area contributed by atoms with Gasteiger partial charge in [-0.05, 0) is 66.2 Å². The number of rotatable bonds is 11. The largest absolute Gasteiger partial charge is 0.308 e. The molecule has 10 nitrogen and oxygen atoms in total. The molecule has 0 radical (unpaired) electrons. The fraction of sp³-hybridized carbons (Fsp3) is 0. The van der Waals surface area contributed by atoms with Gasteiger partial charge in [-0.1, -0.05) is 194 Å². The number of fused-ring (bicyclic) bond motifs is 3. The van der Waals surface area contributed by atoms with Crippen molar-refractivity contribution >= 4 is 21.8 Å². The Morgan fingerprint density at radius 2 is 0.519 bits per heavy atom. The van der Waals surface area contributed by atoms with E-state index in [1.807, 2.05) is 200 Å². The smallest absolute Gasteiger partial charge is 0.166 e. The summed E-state index contributed by atoms with van der Waals surface area (Å²) < 4.78 is 34.1. The van der Waals surface area contributed by atoms with Crippen molar-refractivity contribution in [3.63, 3.8) is 0 Å².